The van der Waals surface area contributed by atoms with Crippen LogP contribution in [0.25, 0.3) is 10.8 Å². The molecule has 0 unspecified atom stereocenters. The number of hydrogen-bond acceptors (Lipinski definition) is 4. The number of benzene rings is 3. The minimum atomic E-state index is -0.823. The lowest BCUT2D eigenvalue weighted by molar-refractivity contribution is -0.138. The van der Waals surface area contributed by atoms with E-state index in [9.17, 15) is 14.7 Å². The normalized spacial score (nSPS) is 11.7. The maximum Gasteiger partial charge on any atom is 0.334 e. The molecule has 132 valence electrons. The first kappa shape index (κ1) is 17.5. The van der Waals surface area contributed by atoms with E-state index in [4.69, 9.17) is 4.74 Å². The summed E-state index contributed by atoms with van der Waals surface area (Å²) in [5.41, 5.74) is 0.802. The number of amides is 1. The molecule has 0 aromatic heterocycles. The van der Waals surface area contributed by atoms with Crippen molar-refractivity contribution in [2.24, 2.45) is 0 Å². The summed E-state index contributed by atoms with van der Waals surface area (Å²) in [5.74, 6) is -0.259. The molecule has 0 radical (unpaired) electrons. The average molecular weight is 349 g/mol. The first-order chi connectivity index (χ1) is 12.5. The zero-order valence-electron chi connectivity index (χ0n) is 14.3. The molecule has 0 saturated carbocycles. The summed E-state index contributed by atoms with van der Waals surface area (Å²) in [6, 6.07) is 18.8. The van der Waals surface area contributed by atoms with Crippen molar-refractivity contribution in [1.82, 2.24) is 5.32 Å². The highest BCUT2D eigenvalue weighted by atomic mass is 16.5. The summed E-state index contributed by atoms with van der Waals surface area (Å²) in [6.45, 7) is 1.36. The third-order valence-corrected chi connectivity index (χ3v) is 4.00. The van der Waals surface area contributed by atoms with Gasteiger partial charge in [0.05, 0.1) is 0 Å². The van der Waals surface area contributed by atoms with Crippen LogP contribution in [0.1, 0.15) is 12.5 Å². The summed E-state index contributed by atoms with van der Waals surface area (Å²) >= 11 is 0. The third kappa shape index (κ3) is 4.19. The van der Waals surface area contributed by atoms with Crippen LogP contribution in [0.4, 0.5) is 0 Å². The summed E-state index contributed by atoms with van der Waals surface area (Å²) in [6.07, 6.45) is 0.267. The maximum absolute atomic E-state index is 12.7. The molecule has 3 aromatic rings. The van der Waals surface area contributed by atoms with Gasteiger partial charge in [0.1, 0.15) is 17.5 Å². The van der Waals surface area contributed by atoms with E-state index >= 15 is 0 Å². The number of hydrogen-bond donors (Lipinski definition) is 2. The molecular formula is C21H19NO4. The summed E-state index contributed by atoms with van der Waals surface area (Å²) in [4.78, 5) is 24.2. The first-order valence-electron chi connectivity index (χ1n) is 8.27. The fourth-order valence-electron chi connectivity index (χ4n) is 2.77. The molecule has 0 bridgehead atoms. The highest BCUT2D eigenvalue weighted by molar-refractivity contribution is 5.92. The Morgan fingerprint density at radius 3 is 2.42 bits per heavy atom. The molecular weight excluding hydrogens is 330 g/mol. The van der Waals surface area contributed by atoms with E-state index in [2.05, 4.69) is 5.32 Å². The number of nitrogens with one attached hydrogen (secondary N) is 1. The molecule has 1 amide bonds. The Hall–Kier alpha value is -3.34. The van der Waals surface area contributed by atoms with Crippen molar-refractivity contribution in [2.45, 2.75) is 19.4 Å². The molecule has 0 aliphatic heterocycles. The van der Waals surface area contributed by atoms with Gasteiger partial charge in [0.15, 0.2) is 0 Å². The summed E-state index contributed by atoms with van der Waals surface area (Å²) < 4.78 is 5.58. The Labute approximate surface area is 151 Å². The Kier molecular flexibility index (Phi) is 5.17. The molecule has 0 aliphatic carbocycles. The monoisotopic (exact) mass is 349 g/mol. The van der Waals surface area contributed by atoms with Gasteiger partial charge >= 0.3 is 5.97 Å². The number of esters is 1. The molecule has 3 aromatic carbocycles. The van der Waals surface area contributed by atoms with Gasteiger partial charge in [-0.1, -0.05) is 48.5 Å². The number of aromatic hydroxyl groups is 1. The fourth-order valence-corrected chi connectivity index (χ4v) is 2.77. The fraction of sp³-hybridized carbons (Fsp3) is 0.143. The quantitative estimate of drug-likeness (QED) is 0.548. The van der Waals surface area contributed by atoms with Gasteiger partial charge in [-0.2, -0.15) is 0 Å². The van der Waals surface area contributed by atoms with Crippen molar-refractivity contribution < 1.29 is 19.4 Å². The van der Waals surface area contributed by atoms with Crippen LogP contribution < -0.4 is 10.1 Å². The van der Waals surface area contributed by atoms with Crippen molar-refractivity contribution in [3.8, 4) is 11.5 Å². The molecule has 0 spiro atoms. The second-order valence-electron chi connectivity index (χ2n) is 6.02. The molecule has 3 rings (SSSR count). The van der Waals surface area contributed by atoms with Crippen LogP contribution in [0.15, 0.2) is 66.7 Å². The molecule has 0 fully saturated rings. The SMILES string of the molecule is CC(=O)N[C@@H](Cc1ccc(O)cc1)C(=O)Oc1cccc2ccccc12. The van der Waals surface area contributed by atoms with Crippen molar-refractivity contribution in [3.05, 3.63) is 72.3 Å². The van der Waals surface area contributed by atoms with Gasteiger partial charge in [0.2, 0.25) is 5.91 Å². The molecule has 26 heavy (non-hydrogen) atoms. The molecule has 5 nitrogen and oxygen atoms in total. The van der Waals surface area contributed by atoms with Crippen molar-refractivity contribution in [2.75, 3.05) is 0 Å². The standard InChI is InChI=1S/C21H19NO4/c1-14(23)22-19(13-15-9-11-17(24)12-10-15)21(25)26-20-8-4-6-16-5-2-3-7-18(16)20/h2-12,19,24H,13H2,1H3,(H,22,23)/t19-/m0/s1. The molecule has 0 heterocycles. The highest BCUT2D eigenvalue weighted by Crippen LogP contribution is 2.25. The Morgan fingerprint density at radius 1 is 1.00 bits per heavy atom. The molecule has 2 N–H and O–H groups in total. The summed E-state index contributed by atoms with van der Waals surface area (Å²) in [5, 5.41) is 13.8. The van der Waals surface area contributed by atoms with Gasteiger partial charge in [-0.05, 0) is 29.1 Å². The van der Waals surface area contributed by atoms with E-state index in [0.29, 0.717) is 5.75 Å². The Bertz CT molecular complexity index is 929. The van der Waals surface area contributed by atoms with Gasteiger partial charge in [0, 0.05) is 18.7 Å². The lowest BCUT2D eigenvalue weighted by Crippen LogP contribution is -2.43. The number of ether oxygens (including phenoxy) is 1. The smallest absolute Gasteiger partial charge is 0.334 e. The van der Waals surface area contributed by atoms with Crippen molar-refractivity contribution in [1.29, 1.82) is 0 Å². The van der Waals surface area contributed by atoms with E-state index in [0.717, 1.165) is 16.3 Å². The topological polar surface area (TPSA) is 75.6 Å². The molecule has 0 saturated heterocycles. The van der Waals surface area contributed by atoms with Crippen LogP contribution in [0.5, 0.6) is 11.5 Å². The lowest BCUT2D eigenvalue weighted by Gasteiger charge is -2.17. The minimum Gasteiger partial charge on any atom is -0.508 e. The average Bonchev–Trinajstić information content (AvgIpc) is 2.63. The predicted octanol–water partition coefficient (Wildman–Crippen LogP) is 3.20. The zero-order valence-corrected chi connectivity index (χ0v) is 14.3. The number of rotatable bonds is 5. The molecule has 1 atom stereocenters. The maximum atomic E-state index is 12.7. The van der Waals surface area contributed by atoms with Crippen LogP contribution in [-0.2, 0) is 16.0 Å². The number of fused-ring (bicyclic) bond motifs is 1. The predicted molar refractivity (Wildman–Crippen MR) is 99.0 cm³/mol. The second-order valence-corrected chi connectivity index (χ2v) is 6.02. The number of carbonyl (C=O) groups excluding carboxylic acids is 2. The molecule has 5 heteroatoms. The Balaban J connectivity index is 1.82. The van der Waals surface area contributed by atoms with Crippen molar-refractivity contribution in [3.63, 3.8) is 0 Å². The third-order valence-electron chi connectivity index (χ3n) is 4.00. The van der Waals surface area contributed by atoms with Gasteiger partial charge < -0.3 is 15.2 Å². The van der Waals surface area contributed by atoms with Crippen LogP contribution >= 0.6 is 0 Å². The van der Waals surface area contributed by atoms with E-state index in [1.54, 1.807) is 18.2 Å². The van der Waals surface area contributed by atoms with E-state index in [1.807, 2.05) is 36.4 Å². The first-order valence-corrected chi connectivity index (χ1v) is 8.27. The van der Waals surface area contributed by atoms with Crippen LogP contribution in [0, 0.1) is 0 Å². The number of phenols is 1. The second kappa shape index (κ2) is 7.70. The van der Waals surface area contributed by atoms with Gasteiger partial charge in [-0.25, -0.2) is 4.79 Å². The molecule has 0 aliphatic rings. The van der Waals surface area contributed by atoms with Crippen LogP contribution in [0.3, 0.4) is 0 Å². The van der Waals surface area contributed by atoms with Crippen LogP contribution in [0.2, 0.25) is 0 Å². The van der Waals surface area contributed by atoms with Crippen LogP contribution in [-0.4, -0.2) is 23.0 Å². The van der Waals surface area contributed by atoms with Crippen molar-refractivity contribution >= 4 is 22.6 Å². The van der Waals surface area contributed by atoms with Gasteiger partial charge in [-0.15, -0.1) is 0 Å². The van der Waals surface area contributed by atoms with E-state index < -0.39 is 12.0 Å². The largest absolute Gasteiger partial charge is 0.508 e. The number of carbonyl (C=O) groups is 2. The minimum absolute atomic E-state index is 0.142. The highest BCUT2D eigenvalue weighted by Gasteiger charge is 2.23. The van der Waals surface area contributed by atoms with E-state index in [-0.39, 0.29) is 18.1 Å². The Morgan fingerprint density at radius 2 is 1.69 bits per heavy atom. The zero-order chi connectivity index (χ0) is 18.5. The van der Waals surface area contributed by atoms with Gasteiger partial charge in [-0.3, -0.25) is 4.79 Å². The van der Waals surface area contributed by atoms with Gasteiger partial charge in [0.25, 0.3) is 0 Å². The summed E-state index contributed by atoms with van der Waals surface area (Å²) in [7, 11) is 0. The number of phenolic OH excluding ortho intramolecular Hbond substituents is 1. The van der Waals surface area contributed by atoms with E-state index in [1.165, 1.54) is 19.1 Å². The lowest BCUT2D eigenvalue weighted by atomic mass is 10.1.